The number of ether oxygens (including phenoxy) is 2. The zero-order valence-corrected chi connectivity index (χ0v) is 26.4. The van der Waals surface area contributed by atoms with Crippen LogP contribution in [0.1, 0.15) is 42.0 Å². The van der Waals surface area contributed by atoms with Crippen molar-refractivity contribution < 1.29 is 96.2 Å². The minimum absolute atomic E-state index is 0. The first-order valence-electron chi connectivity index (χ1n) is 10.3. The molecule has 0 heterocycles. The average Bonchev–Trinajstić information content (AvgIpc) is 2.79. The molecule has 0 aliphatic rings. The van der Waals surface area contributed by atoms with Crippen LogP contribution < -0.4 is 73.8 Å². The van der Waals surface area contributed by atoms with E-state index in [1.807, 2.05) is 31.2 Å². The van der Waals surface area contributed by atoms with Gasteiger partial charge in [0.2, 0.25) is 0 Å². The van der Waals surface area contributed by atoms with E-state index in [1.54, 1.807) is 19.1 Å². The van der Waals surface area contributed by atoms with Gasteiger partial charge in [0, 0.05) is 41.2 Å². The van der Waals surface area contributed by atoms with E-state index in [0.717, 1.165) is 23.2 Å². The van der Waals surface area contributed by atoms with Crippen LogP contribution in [0.5, 0.6) is 11.5 Å². The molecule has 2 aromatic rings. The van der Waals surface area contributed by atoms with Gasteiger partial charge in [-0.1, -0.05) is 35.5 Å². The minimum atomic E-state index is -4.32. The Hall–Kier alpha value is -0.700. The van der Waals surface area contributed by atoms with Gasteiger partial charge in [-0.25, -0.2) is 8.42 Å². The van der Waals surface area contributed by atoms with E-state index in [2.05, 4.69) is 33.1 Å². The third-order valence-corrected chi connectivity index (χ3v) is 5.63. The van der Waals surface area contributed by atoms with Gasteiger partial charge in [-0.05, 0) is 38.8 Å². The largest absolute Gasteiger partial charge is 1.00 e. The fourth-order valence-electron chi connectivity index (χ4n) is 2.68. The van der Waals surface area contributed by atoms with Crippen LogP contribution in [0.25, 0.3) is 0 Å². The van der Waals surface area contributed by atoms with E-state index in [4.69, 9.17) is 9.47 Å². The van der Waals surface area contributed by atoms with Crippen LogP contribution in [0, 0.1) is 30.6 Å². The standard InChI is InChI=1S/C24H26O8S2.2Na/c1-3-6-21-17-24(30-14-5-16-34(26,27)28)22(12-11-20-9-7-19(2)8-10-20)18-23(21)29-13-4-15-33-32-31-25;;/h7-10,17-18,25H,4-5,13-16H2,1-2H3,(H,26,27,28);;/q;2*+1/p-2. The maximum absolute atomic E-state index is 10.9. The first kappa shape index (κ1) is 35.3. The number of hydrogen-bond donors (Lipinski definition) is 0. The molecule has 0 aliphatic heterocycles. The first-order valence-corrected chi connectivity index (χ1v) is 12.8. The SMILES string of the molecule is CC#Cc1cc(OCCCS(=O)(=O)[O-])c(C#Cc2ccc(C)cc2)cc1OCCCSOO[O-].[Na+].[Na+]. The summed E-state index contributed by atoms with van der Waals surface area (Å²) >= 11 is 0.878. The number of aryl methyl sites for hydroxylation is 1. The molecule has 0 N–H and O–H groups in total. The van der Waals surface area contributed by atoms with Gasteiger partial charge in [-0.3, -0.25) is 5.04 Å². The summed E-state index contributed by atoms with van der Waals surface area (Å²) in [5.74, 6) is 12.8. The summed E-state index contributed by atoms with van der Waals surface area (Å²) in [6, 6.07) is 11.1. The van der Waals surface area contributed by atoms with Crippen LogP contribution in [-0.2, 0) is 19.5 Å². The molecule has 0 amide bonds. The quantitative estimate of drug-likeness (QED) is 0.0511. The fourth-order valence-corrected chi connectivity index (χ4v) is 3.49. The maximum Gasteiger partial charge on any atom is 1.00 e. The summed E-state index contributed by atoms with van der Waals surface area (Å²) < 4.78 is 48.4. The van der Waals surface area contributed by atoms with Gasteiger partial charge >= 0.3 is 59.1 Å². The van der Waals surface area contributed by atoms with E-state index in [9.17, 15) is 18.2 Å². The van der Waals surface area contributed by atoms with Crippen molar-refractivity contribution in [3.8, 4) is 35.2 Å². The normalized spacial score (nSPS) is 10.0. The van der Waals surface area contributed by atoms with Crippen LogP contribution in [-0.4, -0.2) is 37.7 Å². The zero-order valence-electron chi connectivity index (χ0n) is 20.8. The topological polar surface area (TPSA) is 117 Å². The van der Waals surface area contributed by atoms with Crippen molar-refractivity contribution in [2.24, 2.45) is 0 Å². The van der Waals surface area contributed by atoms with Crippen molar-refractivity contribution in [2.75, 3.05) is 24.7 Å². The zero-order chi connectivity index (χ0) is 24.8. The summed E-state index contributed by atoms with van der Waals surface area (Å²) in [4.78, 5) is 0. The predicted octanol–water partition coefficient (Wildman–Crippen LogP) is -3.27. The molecule has 0 atom stereocenters. The Kier molecular flexibility index (Phi) is 19.0. The monoisotopic (exact) mass is 550 g/mol. The second-order valence-electron chi connectivity index (χ2n) is 6.96. The second kappa shape index (κ2) is 19.4. The van der Waals surface area contributed by atoms with Crippen LogP contribution in [0.2, 0.25) is 0 Å². The van der Waals surface area contributed by atoms with E-state index in [0.29, 0.717) is 41.4 Å². The van der Waals surface area contributed by atoms with Crippen molar-refractivity contribution in [3.05, 3.63) is 58.7 Å². The number of benzene rings is 2. The Labute approximate surface area is 261 Å². The summed E-state index contributed by atoms with van der Waals surface area (Å²) in [6.07, 6.45) is 0.635. The molecule has 182 valence electrons. The molecule has 0 fully saturated rings. The molecule has 8 nitrogen and oxygen atoms in total. The van der Waals surface area contributed by atoms with E-state index >= 15 is 0 Å². The number of rotatable bonds is 12. The Bertz CT molecular complexity index is 1160. The van der Waals surface area contributed by atoms with Gasteiger partial charge in [0.15, 0.2) is 0 Å². The van der Waals surface area contributed by atoms with Crippen molar-refractivity contribution in [1.82, 2.24) is 0 Å². The van der Waals surface area contributed by atoms with Gasteiger partial charge in [-0.15, -0.1) is 5.92 Å². The summed E-state index contributed by atoms with van der Waals surface area (Å²) in [6.45, 7) is 4.03. The van der Waals surface area contributed by atoms with E-state index in [-0.39, 0.29) is 72.1 Å². The molecule has 0 saturated heterocycles. The summed E-state index contributed by atoms with van der Waals surface area (Å²) in [5.41, 5.74) is 3.03. The summed E-state index contributed by atoms with van der Waals surface area (Å²) in [5, 5.41) is 13.1. The van der Waals surface area contributed by atoms with Crippen molar-refractivity contribution in [2.45, 2.75) is 26.7 Å². The van der Waals surface area contributed by atoms with Crippen LogP contribution in [0.4, 0.5) is 0 Å². The van der Waals surface area contributed by atoms with Crippen molar-refractivity contribution >= 4 is 22.2 Å². The molecule has 12 heteroatoms. The predicted molar refractivity (Wildman–Crippen MR) is 126 cm³/mol. The van der Waals surface area contributed by atoms with Gasteiger partial charge in [-0.2, -0.15) is 4.33 Å². The molecule has 0 radical (unpaired) electrons. The fraction of sp³-hybridized carbons (Fsp3) is 0.333. The molecule has 2 aromatic carbocycles. The minimum Gasteiger partial charge on any atom is -0.748 e. The number of hydrogen-bond acceptors (Lipinski definition) is 9. The first-order chi connectivity index (χ1) is 16.3. The molecule has 0 aromatic heterocycles. The van der Waals surface area contributed by atoms with Gasteiger partial charge < -0.3 is 19.3 Å². The van der Waals surface area contributed by atoms with Crippen LogP contribution >= 0.6 is 12.0 Å². The smallest absolute Gasteiger partial charge is 0.748 e. The molecular formula is C24H24Na2O8S2. The Balaban J connectivity index is 0.00000612. The molecular weight excluding hydrogens is 526 g/mol. The molecule has 2 rings (SSSR count). The molecule has 0 aliphatic carbocycles. The van der Waals surface area contributed by atoms with E-state index in [1.165, 1.54) is 0 Å². The molecule has 0 saturated carbocycles. The summed E-state index contributed by atoms with van der Waals surface area (Å²) in [7, 11) is -4.32. The Morgan fingerprint density at radius 2 is 1.50 bits per heavy atom. The van der Waals surface area contributed by atoms with Gasteiger partial charge in [0.1, 0.15) is 11.5 Å². The third kappa shape index (κ3) is 14.3. The maximum atomic E-state index is 10.9. The van der Waals surface area contributed by atoms with Gasteiger partial charge in [0.05, 0.1) is 34.5 Å². The molecule has 0 unspecified atom stereocenters. The Morgan fingerprint density at radius 1 is 0.917 bits per heavy atom. The molecule has 0 spiro atoms. The van der Waals surface area contributed by atoms with Gasteiger partial charge in [0.25, 0.3) is 0 Å². The van der Waals surface area contributed by atoms with Crippen LogP contribution in [0.15, 0.2) is 36.4 Å². The molecule has 36 heavy (non-hydrogen) atoms. The second-order valence-corrected chi connectivity index (χ2v) is 9.26. The Morgan fingerprint density at radius 3 is 2.06 bits per heavy atom. The van der Waals surface area contributed by atoms with Crippen LogP contribution in [0.3, 0.4) is 0 Å². The molecule has 0 bridgehead atoms. The average molecular weight is 551 g/mol. The van der Waals surface area contributed by atoms with Crippen molar-refractivity contribution in [1.29, 1.82) is 0 Å². The van der Waals surface area contributed by atoms with E-state index < -0.39 is 15.9 Å². The van der Waals surface area contributed by atoms with Crippen molar-refractivity contribution in [3.63, 3.8) is 0 Å². The third-order valence-electron chi connectivity index (χ3n) is 4.24.